The highest BCUT2D eigenvalue weighted by Gasteiger charge is 2.08. The molecule has 0 amide bonds. The second-order valence-electron chi connectivity index (χ2n) is 3.59. The lowest BCUT2D eigenvalue weighted by atomic mass is 10.0. The van der Waals surface area contributed by atoms with Crippen LogP contribution in [0.2, 0.25) is 5.02 Å². The monoisotopic (exact) mass is 225 g/mol. The molecule has 82 valence electrons. The van der Waals surface area contributed by atoms with E-state index in [2.05, 4.69) is 5.32 Å². The van der Waals surface area contributed by atoms with E-state index >= 15 is 0 Å². The largest absolute Gasteiger partial charge is 0.320 e. The van der Waals surface area contributed by atoms with Gasteiger partial charge in [0.2, 0.25) is 0 Å². The van der Waals surface area contributed by atoms with Crippen LogP contribution in [0.1, 0.15) is 28.8 Å². The molecule has 0 fully saturated rings. The molecule has 0 saturated heterocycles. The fourth-order valence-electron chi connectivity index (χ4n) is 1.50. The van der Waals surface area contributed by atoms with Crippen LogP contribution in [0.3, 0.4) is 0 Å². The summed E-state index contributed by atoms with van der Waals surface area (Å²) < 4.78 is 0. The van der Waals surface area contributed by atoms with Crippen molar-refractivity contribution >= 4 is 17.4 Å². The van der Waals surface area contributed by atoms with Crippen molar-refractivity contribution in [2.24, 2.45) is 0 Å². The Labute approximate surface area is 95.6 Å². The van der Waals surface area contributed by atoms with E-state index in [1.807, 2.05) is 20.0 Å². The Morgan fingerprint density at radius 1 is 1.47 bits per heavy atom. The van der Waals surface area contributed by atoms with Gasteiger partial charge < -0.3 is 5.32 Å². The first kappa shape index (κ1) is 12.2. The van der Waals surface area contributed by atoms with E-state index in [9.17, 15) is 4.79 Å². The molecule has 15 heavy (non-hydrogen) atoms. The maximum absolute atomic E-state index is 11.8. The van der Waals surface area contributed by atoms with E-state index in [0.29, 0.717) is 11.4 Å². The minimum atomic E-state index is 0.194. The normalized spacial score (nSPS) is 10.3. The maximum Gasteiger partial charge on any atom is 0.163 e. The van der Waals surface area contributed by atoms with Gasteiger partial charge in [0.25, 0.3) is 0 Å². The lowest BCUT2D eigenvalue weighted by Crippen LogP contribution is -2.10. The predicted octanol–water partition coefficient (Wildman–Crippen LogP) is 2.83. The Bertz CT molecular complexity index is 349. The highest BCUT2D eigenvalue weighted by molar-refractivity contribution is 6.30. The van der Waals surface area contributed by atoms with E-state index < -0.39 is 0 Å². The SMILES string of the molecule is CNCCCC(=O)c1ccc(Cl)cc1C. The number of halogens is 1. The Morgan fingerprint density at radius 3 is 2.80 bits per heavy atom. The van der Waals surface area contributed by atoms with Crippen LogP contribution in [0.15, 0.2) is 18.2 Å². The van der Waals surface area contributed by atoms with Crippen molar-refractivity contribution in [3.63, 3.8) is 0 Å². The van der Waals surface area contributed by atoms with Gasteiger partial charge in [0.05, 0.1) is 0 Å². The summed E-state index contributed by atoms with van der Waals surface area (Å²) in [7, 11) is 1.89. The zero-order valence-electron chi connectivity index (χ0n) is 9.14. The molecule has 1 aromatic carbocycles. The molecular weight excluding hydrogens is 210 g/mol. The molecule has 1 N–H and O–H groups in total. The van der Waals surface area contributed by atoms with E-state index in [0.717, 1.165) is 24.1 Å². The van der Waals surface area contributed by atoms with Crippen LogP contribution in [0.5, 0.6) is 0 Å². The summed E-state index contributed by atoms with van der Waals surface area (Å²) >= 11 is 5.83. The molecule has 1 aromatic rings. The van der Waals surface area contributed by atoms with E-state index in [1.165, 1.54) is 0 Å². The van der Waals surface area contributed by atoms with E-state index in [1.54, 1.807) is 12.1 Å². The topological polar surface area (TPSA) is 29.1 Å². The lowest BCUT2D eigenvalue weighted by Gasteiger charge is -2.05. The van der Waals surface area contributed by atoms with Crippen LogP contribution in [-0.2, 0) is 0 Å². The number of rotatable bonds is 5. The highest BCUT2D eigenvalue weighted by Crippen LogP contribution is 2.16. The highest BCUT2D eigenvalue weighted by atomic mass is 35.5. The summed E-state index contributed by atoms with van der Waals surface area (Å²) in [6.45, 7) is 2.79. The van der Waals surface area contributed by atoms with Crippen LogP contribution in [0, 0.1) is 6.92 Å². The molecule has 2 nitrogen and oxygen atoms in total. The number of benzene rings is 1. The molecule has 0 radical (unpaired) electrons. The first-order valence-electron chi connectivity index (χ1n) is 5.09. The first-order chi connectivity index (χ1) is 7.15. The average molecular weight is 226 g/mol. The van der Waals surface area contributed by atoms with Gasteiger partial charge in [0.1, 0.15) is 0 Å². The minimum absolute atomic E-state index is 0.194. The maximum atomic E-state index is 11.8. The second kappa shape index (κ2) is 5.89. The summed E-state index contributed by atoms with van der Waals surface area (Å²) in [6, 6.07) is 5.39. The number of aryl methyl sites for hydroxylation is 1. The quantitative estimate of drug-likeness (QED) is 0.617. The van der Waals surface area contributed by atoms with Gasteiger partial charge in [-0.1, -0.05) is 11.6 Å². The molecule has 0 atom stereocenters. The van der Waals surface area contributed by atoms with Gasteiger partial charge in [-0.3, -0.25) is 4.79 Å². The standard InChI is InChI=1S/C12H16ClNO/c1-9-8-10(13)5-6-11(9)12(15)4-3-7-14-2/h5-6,8,14H,3-4,7H2,1-2H3. The lowest BCUT2D eigenvalue weighted by molar-refractivity contribution is 0.0979. The fourth-order valence-corrected chi connectivity index (χ4v) is 1.73. The molecular formula is C12H16ClNO. The van der Waals surface area contributed by atoms with Crippen molar-refractivity contribution in [1.82, 2.24) is 5.32 Å². The third-order valence-corrected chi connectivity index (χ3v) is 2.55. The zero-order valence-corrected chi connectivity index (χ0v) is 9.90. The number of hydrogen-bond donors (Lipinski definition) is 1. The number of Topliss-reactive ketones (excluding diaryl/α,β-unsaturated/α-hetero) is 1. The van der Waals surface area contributed by atoms with Gasteiger partial charge in [0, 0.05) is 17.0 Å². The summed E-state index contributed by atoms with van der Waals surface area (Å²) in [4.78, 5) is 11.8. The van der Waals surface area contributed by atoms with E-state index in [-0.39, 0.29) is 5.78 Å². The second-order valence-corrected chi connectivity index (χ2v) is 4.03. The predicted molar refractivity (Wildman–Crippen MR) is 63.7 cm³/mol. The summed E-state index contributed by atoms with van der Waals surface area (Å²) in [6.07, 6.45) is 1.46. The Morgan fingerprint density at radius 2 is 2.20 bits per heavy atom. The molecule has 0 heterocycles. The molecule has 0 saturated carbocycles. The fraction of sp³-hybridized carbons (Fsp3) is 0.417. The first-order valence-corrected chi connectivity index (χ1v) is 5.47. The van der Waals surface area contributed by atoms with Crippen molar-refractivity contribution in [1.29, 1.82) is 0 Å². The number of nitrogens with one attached hydrogen (secondary N) is 1. The van der Waals surface area contributed by atoms with Crippen molar-refractivity contribution < 1.29 is 4.79 Å². The number of ketones is 1. The van der Waals surface area contributed by atoms with Gasteiger partial charge in [0.15, 0.2) is 5.78 Å². The van der Waals surface area contributed by atoms with Crippen LogP contribution in [0.4, 0.5) is 0 Å². The summed E-state index contributed by atoms with van der Waals surface area (Å²) in [5.74, 6) is 0.194. The van der Waals surface area contributed by atoms with Crippen LogP contribution in [0.25, 0.3) is 0 Å². The molecule has 0 aliphatic carbocycles. The summed E-state index contributed by atoms with van der Waals surface area (Å²) in [5.41, 5.74) is 1.74. The van der Waals surface area contributed by atoms with Gasteiger partial charge in [-0.15, -0.1) is 0 Å². The molecule has 0 spiro atoms. The van der Waals surface area contributed by atoms with Crippen molar-refractivity contribution in [3.05, 3.63) is 34.3 Å². The molecule has 0 aliphatic heterocycles. The third-order valence-electron chi connectivity index (χ3n) is 2.32. The van der Waals surface area contributed by atoms with Crippen molar-refractivity contribution in [2.75, 3.05) is 13.6 Å². The average Bonchev–Trinajstić information content (AvgIpc) is 2.17. The van der Waals surface area contributed by atoms with Crippen molar-refractivity contribution in [3.8, 4) is 0 Å². The van der Waals surface area contributed by atoms with Crippen LogP contribution in [-0.4, -0.2) is 19.4 Å². The van der Waals surface area contributed by atoms with Gasteiger partial charge >= 0.3 is 0 Å². The van der Waals surface area contributed by atoms with Crippen molar-refractivity contribution in [2.45, 2.75) is 19.8 Å². The Balaban J connectivity index is 2.65. The zero-order chi connectivity index (χ0) is 11.3. The Kier molecular flexibility index (Phi) is 4.79. The smallest absolute Gasteiger partial charge is 0.163 e. The summed E-state index contributed by atoms with van der Waals surface area (Å²) in [5, 5.41) is 3.70. The van der Waals surface area contributed by atoms with Crippen LogP contribution < -0.4 is 5.32 Å². The molecule has 0 aliphatic rings. The number of carbonyl (C=O) groups is 1. The molecule has 3 heteroatoms. The molecule has 0 unspecified atom stereocenters. The Hall–Kier alpha value is -0.860. The van der Waals surface area contributed by atoms with Gasteiger partial charge in [-0.2, -0.15) is 0 Å². The minimum Gasteiger partial charge on any atom is -0.320 e. The van der Waals surface area contributed by atoms with E-state index in [4.69, 9.17) is 11.6 Å². The van der Waals surface area contributed by atoms with Crippen LogP contribution >= 0.6 is 11.6 Å². The van der Waals surface area contributed by atoms with Gasteiger partial charge in [-0.25, -0.2) is 0 Å². The molecule has 0 aromatic heterocycles. The molecule has 0 bridgehead atoms. The molecule has 1 rings (SSSR count). The number of carbonyl (C=O) groups excluding carboxylic acids is 1. The third kappa shape index (κ3) is 3.65. The number of hydrogen-bond acceptors (Lipinski definition) is 2. The van der Waals surface area contributed by atoms with Gasteiger partial charge in [-0.05, 0) is 50.7 Å².